The quantitative estimate of drug-likeness (QED) is 0.591. The summed E-state index contributed by atoms with van der Waals surface area (Å²) in [5.74, 6) is -1.00. The van der Waals surface area contributed by atoms with Gasteiger partial charge >= 0.3 is 5.97 Å². The van der Waals surface area contributed by atoms with Crippen molar-refractivity contribution in [3.8, 4) is 0 Å². The number of ether oxygens (including phenoxy) is 1. The van der Waals surface area contributed by atoms with Crippen LogP contribution in [0.3, 0.4) is 0 Å². The fourth-order valence-electron chi connectivity index (χ4n) is 2.23. The molecule has 2 aromatic heterocycles. The van der Waals surface area contributed by atoms with Crippen LogP contribution in [0.4, 0.5) is 0 Å². The Kier molecular flexibility index (Phi) is 3.50. The topological polar surface area (TPSA) is 85.2 Å². The molecule has 1 aromatic carbocycles. The first-order valence-electron chi connectivity index (χ1n) is 6.81. The summed E-state index contributed by atoms with van der Waals surface area (Å²) >= 11 is 0. The number of hydrogen-bond donors (Lipinski definition) is 1. The SMILES string of the molecule is Cc1cc(C(=O)O[C@@H](C)C(=O)c2c[nH]c3ccccc23)on1. The second-order valence-corrected chi connectivity index (χ2v) is 4.99. The maximum atomic E-state index is 12.4. The van der Waals surface area contributed by atoms with Gasteiger partial charge in [0.2, 0.25) is 11.5 Å². The molecule has 1 N–H and O–H groups in total. The lowest BCUT2D eigenvalue weighted by atomic mass is 10.1. The van der Waals surface area contributed by atoms with Crippen LogP contribution >= 0.6 is 0 Å². The highest BCUT2D eigenvalue weighted by Crippen LogP contribution is 2.20. The second-order valence-electron chi connectivity index (χ2n) is 4.99. The minimum atomic E-state index is -0.919. The predicted octanol–water partition coefficient (Wildman–Crippen LogP) is 2.89. The molecule has 0 unspecified atom stereocenters. The number of para-hydroxylation sites is 1. The number of carbonyl (C=O) groups is 2. The molecule has 0 aliphatic heterocycles. The molecule has 1 atom stereocenters. The third-order valence-corrected chi connectivity index (χ3v) is 3.34. The van der Waals surface area contributed by atoms with Gasteiger partial charge in [-0.2, -0.15) is 0 Å². The highest BCUT2D eigenvalue weighted by molar-refractivity contribution is 6.10. The van der Waals surface area contributed by atoms with Crippen molar-refractivity contribution in [2.24, 2.45) is 0 Å². The summed E-state index contributed by atoms with van der Waals surface area (Å²) in [5.41, 5.74) is 1.92. The largest absolute Gasteiger partial charge is 0.448 e. The van der Waals surface area contributed by atoms with E-state index in [1.807, 2.05) is 24.3 Å². The summed E-state index contributed by atoms with van der Waals surface area (Å²) < 4.78 is 9.97. The summed E-state index contributed by atoms with van der Waals surface area (Å²) in [6.07, 6.45) is 0.702. The van der Waals surface area contributed by atoms with Crippen LogP contribution in [0.1, 0.15) is 33.5 Å². The minimum absolute atomic E-state index is 0.0175. The van der Waals surface area contributed by atoms with Gasteiger partial charge in [-0.05, 0) is 19.9 Å². The number of aryl methyl sites for hydroxylation is 1. The molecule has 0 radical (unpaired) electrons. The molecule has 0 aliphatic rings. The average Bonchev–Trinajstić information content (AvgIpc) is 3.12. The number of nitrogens with one attached hydrogen (secondary N) is 1. The zero-order valence-corrected chi connectivity index (χ0v) is 12.1. The highest BCUT2D eigenvalue weighted by atomic mass is 16.6. The number of ketones is 1. The van der Waals surface area contributed by atoms with E-state index >= 15 is 0 Å². The van der Waals surface area contributed by atoms with Crippen LogP contribution in [-0.2, 0) is 4.74 Å². The Morgan fingerprint density at radius 3 is 2.82 bits per heavy atom. The molecule has 0 fully saturated rings. The molecule has 3 rings (SSSR count). The van der Waals surface area contributed by atoms with E-state index in [0.29, 0.717) is 11.3 Å². The fraction of sp³-hybridized carbons (Fsp3) is 0.188. The molecular formula is C16H14N2O4. The van der Waals surface area contributed by atoms with Gasteiger partial charge in [0.05, 0.1) is 5.69 Å². The highest BCUT2D eigenvalue weighted by Gasteiger charge is 2.24. The monoisotopic (exact) mass is 298 g/mol. The third kappa shape index (κ3) is 2.50. The van der Waals surface area contributed by atoms with Crippen molar-refractivity contribution in [1.82, 2.24) is 10.1 Å². The Balaban J connectivity index is 1.78. The Bertz CT molecular complexity index is 847. The zero-order chi connectivity index (χ0) is 15.7. The maximum Gasteiger partial charge on any atom is 0.377 e. The van der Waals surface area contributed by atoms with Crippen molar-refractivity contribution in [1.29, 1.82) is 0 Å². The van der Waals surface area contributed by atoms with Crippen molar-refractivity contribution in [2.45, 2.75) is 20.0 Å². The molecule has 0 spiro atoms. The van der Waals surface area contributed by atoms with E-state index in [2.05, 4.69) is 10.1 Å². The number of aromatic amines is 1. The molecular weight excluding hydrogens is 284 g/mol. The number of esters is 1. The molecule has 0 aliphatic carbocycles. The molecule has 6 nitrogen and oxygen atoms in total. The zero-order valence-electron chi connectivity index (χ0n) is 12.1. The lowest BCUT2D eigenvalue weighted by molar-refractivity contribution is 0.0281. The number of H-pyrrole nitrogens is 1. The van der Waals surface area contributed by atoms with E-state index in [1.165, 1.54) is 13.0 Å². The number of aromatic nitrogens is 2. The second kappa shape index (κ2) is 5.48. The molecule has 0 amide bonds. The van der Waals surface area contributed by atoms with Crippen LogP contribution in [-0.4, -0.2) is 28.0 Å². The van der Waals surface area contributed by atoms with E-state index in [9.17, 15) is 9.59 Å². The fourth-order valence-corrected chi connectivity index (χ4v) is 2.23. The smallest absolute Gasteiger partial charge is 0.377 e. The van der Waals surface area contributed by atoms with Crippen molar-refractivity contribution >= 4 is 22.7 Å². The summed E-state index contributed by atoms with van der Waals surface area (Å²) in [6.45, 7) is 3.23. The van der Waals surface area contributed by atoms with Gasteiger partial charge in [-0.25, -0.2) is 4.79 Å². The third-order valence-electron chi connectivity index (χ3n) is 3.34. The molecule has 3 aromatic rings. The van der Waals surface area contributed by atoms with Gasteiger partial charge < -0.3 is 14.2 Å². The maximum absolute atomic E-state index is 12.4. The first-order valence-corrected chi connectivity index (χ1v) is 6.81. The van der Waals surface area contributed by atoms with Gasteiger partial charge in [0.1, 0.15) is 0 Å². The molecule has 2 heterocycles. The van der Waals surface area contributed by atoms with Crippen molar-refractivity contribution in [3.63, 3.8) is 0 Å². The summed E-state index contributed by atoms with van der Waals surface area (Å²) in [7, 11) is 0. The molecule has 112 valence electrons. The lowest BCUT2D eigenvalue weighted by Crippen LogP contribution is -2.24. The van der Waals surface area contributed by atoms with Crippen molar-refractivity contribution in [3.05, 3.63) is 53.5 Å². The Morgan fingerprint density at radius 2 is 2.09 bits per heavy atom. The van der Waals surface area contributed by atoms with Crippen molar-refractivity contribution < 1.29 is 18.8 Å². The van der Waals surface area contributed by atoms with Gasteiger partial charge in [0, 0.05) is 28.7 Å². The normalized spacial score (nSPS) is 12.3. The van der Waals surface area contributed by atoms with Gasteiger partial charge in [-0.1, -0.05) is 23.4 Å². The summed E-state index contributed by atoms with van der Waals surface area (Å²) in [4.78, 5) is 27.4. The minimum Gasteiger partial charge on any atom is -0.448 e. The van der Waals surface area contributed by atoms with E-state index in [-0.39, 0.29) is 11.5 Å². The van der Waals surface area contributed by atoms with Crippen LogP contribution in [0.2, 0.25) is 0 Å². The van der Waals surface area contributed by atoms with Crippen LogP contribution in [0.5, 0.6) is 0 Å². The molecule has 0 saturated heterocycles. The van der Waals surface area contributed by atoms with Crippen molar-refractivity contribution in [2.75, 3.05) is 0 Å². The van der Waals surface area contributed by atoms with Gasteiger partial charge in [-0.3, -0.25) is 4.79 Å². The Morgan fingerprint density at radius 1 is 1.32 bits per heavy atom. The molecule has 22 heavy (non-hydrogen) atoms. The van der Waals surface area contributed by atoms with Crippen LogP contribution < -0.4 is 0 Å². The Labute approximate surface area is 126 Å². The van der Waals surface area contributed by atoms with Crippen LogP contribution in [0.25, 0.3) is 10.9 Å². The summed E-state index contributed by atoms with van der Waals surface area (Å²) in [6, 6.07) is 8.91. The number of nitrogens with zero attached hydrogens (tertiary/aromatic N) is 1. The molecule has 6 heteroatoms. The first kappa shape index (κ1) is 14.1. The van der Waals surface area contributed by atoms with E-state index < -0.39 is 12.1 Å². The first-order chi connectivity index (χ1) is 10.6. The number of carbonyl (C=O) groups excluding carboxylic acids is 2. The number of fused-ring (bicyclic) bond motifs is 1. The number of Topliss-reactive ketones (excluding diaryl/α,β-unsaturated/α-hetero) is 1. The van der Waals surface area contributed by atoms with Gasteiger partial charge in [0.25, 0.3) is 0 Å². The number of hydrogen-bond acceptors (Lipinski definition) is 5. The lowest BCUT2D eigenvalue weighted by Gasteiger charge is -2.10. The van der Waals surface area contributed by atoms with E-state index in [4.69, 9.17) is 9.26 Å². The Hall–Kier alpha value is -2.89. The van der Waals surface area contributed by atoms with E-state index in [1.54, 1.807) is 13.1 Å². The molecule has 0 saturated carbocycles. The van der Waals surface area contributed by atoms with E-state index in [0.717, 1.165) is 10.9 Å². The summed E-state index contributed by atoms with van der Waals surface area (Å²) in [5, 5.41) is 4.41. The molecule has 0 bridgehead atoms. The standard InChI is InChI=1S/C16H14N2O4/c1-9-7-14(22-18-9)16(20)21-10(2)15(19)12-8-17-13-6-4-3-5-11(12)13/h3-8,10,17H,1-2H3/t10-/m0/s1. The average molecular weight is 298 g/mol. The van der Waals surface area contributed by atoms with Crippen LogP contribution in [0, 0.1) is 6.92 Å². The van der Waals surface area contributed by atoms with Gasteiger partial charge in [0.15, 0.2) is 6.10 Å². The van der Waals surface area contributed by atoms with Gasteiger partial charge in [-0.15, -0.1) is 0 Å². The van der Waals surface area contributed by atoms with Crippen LogP contribution in [0.15, 0.2) is 41.1 Å². The number of benzene rings is 1. The number of rotatable bonds is 4. The predicted molar refractivity (Wildman–Crippen MR) is 78.7 cm³/mol.